The van der Waals surface area contributed by atoms with E-state index in [4.69, 9.17) is 5.73 Å². The molecule has 0 fully saturated rings. The first-order valence-electron chi connectivity index (χ1n) is 8.98. The normalized spacial score (nSPS) is 12.4. The number of hydrogen-bond donors (Lipinski definition) is 2. The van der Waals surface area contributed by atoms with Gasteiger partial charge in [-0.15, -0.1) is 5.10 Å². The van der Waals surface area contributed by atoms with Crippen LogP contribution in [0.1, 0.15) is 48.4 Å². The lowest BCUT2D eigenvalue weighted by molar-refractivity contribution is -0.126. The quantitative estimate of drug-likeness (QED) is 0.689. The summed E-state index contributed by atoms with van der Waals surface area (Å²) in [5, 5.41) is 10.7. The summed E-state index contributed by atoms with van der Waals surface area (Å²) in [7, 11) is 0. The van der Waals surface area contributed by atoms with Crippen LogP contribution in [0.2, 0.25) is 0 Å². The van der Waals surface area contributed by atoms with Gasteiger partial charge >= 0.3 is 0 Å². The zero-order valence-corrected chi connectivity index (χ0v) is 16.1. The molecule has 2 amide bonds. The van der Waals surface area contributed by atoms with E-state index in [9.17, 15) is 9.59 Å². The van der Waals surface area contributed by atoms with E-state index in [0.717, 1.165) is 16.8 Å². The largest absolute Gasteiger partial charge is 0.364 e. The Balaban J connectivity index is 1.71. The number of rotatable bonds is 6. The van der Waals surface area contributed by atoms with Crippen molar-refractivity contribution in [1.82, 2.24) is 20.3 Å². The number of carbonyl (C=O) groups is 2. The molecule has 0 unspecified atom stereocenters. The number of nitrogens with zero attached hydrogens (tertiary/aromatic N) is 3. The molecule has 2 aromatic carbocycles. The number of aromatic nitrogens is 3. The first kappa shape index (κ1) is 19.3. The van der Waals surface area contributed by atoms with E-state index in [0.29, 0.717) is 0 Å². The van der Waals surface area contributed by atoms with Crippen LogP contribution in [0.3, 0.4) is 0 Å². The monoisotopic (exact) mass is 377 g/mol. The zero-order chi connectivity index (χ0) is 20.3. The summed E-state index contributed by atoms with van der Waals surface area (Å²) in [4.78, 5) is 24.0. The van der Waals surface area contributed by atoms with Gasteiger partial charge in [-0.3, -0.25) is 9.59 Å². The molecule has 0 aliphatic carbocycles. The third-order valence-corrected chi connectivity index (χ3v) is 4.81. The molecule has 1 aromatic heterocycles. The lowest BCUT2D eigenvalue weighted by Crippen LogP contribution is -2.41. The SMILES string of the molecule is C[C@H](NC(=O)C(C)(C)c1ccccc1)c1ccc(-n2cc(C(N)=O)nn2)cc1. The zero-order valence-electron chi connectivity index (χ0n) is 16.1. The van der Waals surface area contributed by atoms with E-state index >= 15 is 0 Å². The fourth-order valence-corrected chi connectivity index (χ4v) is 2.86. The Labute approximate surface area is 163 Å². The van der Waals surface area contributed by atoms with Gasteiger partial charge in [0.05, 0.1) is 23.3 Å². The van der Waals surface area contributed by atoms with Crippen LogP contribution in [0.5, 0.6) is 0 Å². The highest BCUT2D eigenvalue weighted by Crippen LogP contribution is 2.25. The first-order chi connectivity index (χ1) is 13.3. The number of nitrogens with two attached hydrogens (primary N) is 1. The Morgan fingerprint density at radius 3 is 2.29 bits per heavy atom. The molecule has 0 aliphatic heterocycles. The Morgan fingerprint density at radius 2 is 1.71 bits per heavy atom. The minimum absolute atomic E-state index is 0.0438. The first-order valence-corrected chi connectivity index (χ1v) is 8.98. The molecule has 0 saturated heterocycles. The Bertz CT molecular complexity index is 978. The van der Waals surface area contributed by atoms with Crippen molar-refractivity contribution in [2.24, 2.45) is 5.73 Å². The van der Waals surface area contributed by atoms with Gasteiger partial charge < -0.3 is 11.1 Å². The van der Waals surface area contributed by atoms with Gasteiger partial charge in [0.2, 0.25) is 5.91 Å². The van der Waals surface area contributed by atoms with Crippen LogP contribution >= 0.6 is 0 Å². The van der Waals surface area contributed by atoms with Crippen LogP contribution in [-0.4, -0.2) is 26.8 Å². The highest BCUT2D eigenvalue weighted by atomic mass is 16.2. The van der Waals surface area contributed by atoms with E-state index in [1.807, 2.05) is 75.4 Å². The number of benzene rings is 2. The summed E-state index contributed by atoms with van der Waals surface area (Å²) in [6, 6.07) is 17.0. The molecule has 1 atom stereocenters. The molecular weight excluding hydrogens is 354 g/mol. The lowest BCUT2D eigenvalue weighted by atomic mass is 9.83. The minimum atomic E-state index is -0.638. The van der Waals surface area contributed by atoms with Gasteiger partial charge in [0.15, 0.2) is 5.69 Å². The van der Waals surface area contributed by atoms with E-state index in [1.165, 1.54) is 10.9 Å². The maximum atomic E-state index is 12.8. The van der Waals surface area contributed by atoms with Crippen LogP contribution in [-0.2, 0) is 10.2 Å². The molecule has 3 aromatic rings. The van der Waals surface area contributed by atoms with Crippen molar-refractivity contribution in [2.45, 2.75) is 32.2 Å². The smallest absolute Gasteiger partial charge is 0.270 e. The highest BCUT2D eigenvalue weighted by molar-refractivity contribution is 5.90. The van der Waals surface area contributed by atoms with Crippen molar-refractivity contribution in [3.05, 3.63) is 77.6 Å². The van der Waals surface area contributed by atoms with E-state index in [-0.39, 0.29) is 17.6 Å². The van der Waals surface area contributed by atoms with Gasteiger partial charge in [0, 0.05) is 0 Å². The van der Waals surface area contributed by atoms with Crippen molar-refractivity contribution < 1.29 is 9.59 Å². The molecule has 28 heavy (non-hydrogen) atoms. The molecule has 0 spiro atoms. The second-order valence-electron chi connectivity index (χ2n) is 7.19. The molecular formula is C21H23N5O2. The molecule has 1 heterocycles. The number of hydrogen-bond acceptors (Lipinski definition) is 4. The van der Waals surface area contributed by atoms with Crippen LogP contribution in [0, 0.1) is 0 Å². The molecule has 3 rings (SSSR count). The second kappa shape index (κ2) is 7.64. The van der Waals surface area contributed by atoms with Crippen molar-refractivity contribution in [3.63, 3.8) is 0 Å². The number of nitrogens with one attached hydrogen (secondary N) is 1. The molecule has 0 bridgehead atoms. The summed E-state index contributed by atoms with van der Waals surface area (Å²) in [5.41, 5.74) is 7.33. The Hall–Kier alpha value is -3.48. The van der Waals surface area contributed by atoms with E-state index < -0.39 is 11.3 Å². The van der Waals surface area contributed by atoms with Crippen LogP contribution in [0.25, 0.3) is 5.69 Å². The number of primary amides is 1. The fourth-order valence-electron chi connectivity index (χ4n) is 2.86. The summed E-state index contributed by atoms with van der Waals surface area (Å²) in [6.07, 6.45) is 1.48. The maximum Gasteiger partial charge on any atom is 0.270 e. The second-order valence-corrected chi connectivity index (χ2v) is 7.19. The van der Waals surface area contributed by atoms with Crippen molar-refractivity contribution in [2.75, 3.05) is 0 Å². The predicted octanol–water partition coefficient (Wildman–Crippen LogP) is 2.52. The molecule has 0 saturated carbocycles. The summed E-state index contributed by atoms with van der Waals surface area (Å²) >= 11 is 0. The third kappa shape index (κ3) is 3.93. The van der Waals surface area contributed by atoms with Crippen LogP contribution in [0.4, 0.5) is 0 Å². The molecule has 0 aliphatic rings. The van der Waals surface area contributed by atoms with Gasteiger partial charge in [-0.1, -0.05) is 47.7 Å². The molecule has 0 radical (unpaired) electrons. The van der Waals surface area contributed by atoms with Gasteiger partial charge in [-0.2, -0.15) is 0 Å². The van der Waals surface area contributed by atoms with Gasteiger partial charge in [-0.05, 0) is 44.0 Å². The standard InChI is InChI=1S/C21H23N5O2/c1-14(23-20(28)21(2,3)16-7-5-4-6-8-16)15-9-11-17(12-10-15)26-13-18(19(22)27)24-25-26/h4-14H,1-3H3,(H2,22,27)(H,23,28)/t14-/m0/s1. The van der Waals surface area contributed by atoms with Crippen LogP contribution in [0.15, 0.2) is 60.8 Å². The summed E-state index contributed by atoms with van der Waals surface area (Å²) in [6.45, 7) is 5.76. The maximum absolute atomic E-state index is 12.8. The lowest BCUT2D eigenvalue weighted by Gasteiger charge is -2.26. The average molecular weight is 377 g/mol. The molecule has 7 heteroatoms. The average Bonchev–Trinajstić information content (AvgIpc) is 3.19. The van der Waals surface area contributed by atoms with Gasteiger partial charge in [0.1, 0.15) is 0 Å². The van der Waals surface area contributed by atoms with Gasteiger partial charge in [0.25, 0.3) is 5.91 Å². The fraction of sp³-hybridized carbons (Fsp3) is 0.238. The molecule has 7 nitrogen and oxygen atoms in total. The van der Waals surface area contributed by atoms with Crippen LogP contribution < -0.4 is 11.1 Å². The summed E-state index contributed by atoms with van der Waals surface area (Å²) < 4.78 is 1.48. The minimum Gasteiger partial charge on any atom is -0.364 e. The van der Waals surface area contributed by atoms with Gasteiger partial charge in [-0.25, -0.2) is 4.68 Å². The summed E-state index contributed by atoms with van der Waals surface area (Å²) in [5.74, 6) is -0.669. The highest BCUT2D eigenvalue weighted by Gasteiger charge is 2.30. The van der Waals surface area contributed by atoms with Crippen molar-refractivity contribution >= 4 is 11.8 Å². The van der Waals surface area contributed by atoms with Crippen molar-refractivity contribution in [1.29, 1.82) is 0 Å². The topological polar surface area (TPSA) is 103 Å². The Morgan fingerprint density at radius 1 is 1.07 bits per heavy atom. The number of amides is 2. The van der Waals surface area contributed by atoms with E-state index in [1.54, 1.807) is 0 Å². The Kier molecular flexibility index (Phi) is 5.26. The third-order valence-electron chi connectivity index (χ3n) is 4.81. The predicted molar refractivity (Wildman–Crippen MR) is 106 cm³/mol. The number of carbonyl (C=O) groups excluding carboxylic acids is 2. The molecule has 3 N–H and O–H groups in total. The van der Waals surface area contributed by atoms with Crippen molar-refractivity contribution in [3.8, 4) is 5.69 Å². The molecule has 144 valence electrons. The van der Waals surface area contributed by atoms with E-state index in [2.05, 4.69) is 15.6 Å².